The van der Waals surface area contributed by atoms with Gasteiger partial charge in [0.2, 0.25) is 0 Å². The van der Waals surface area contributed by atoms with Crippen LogP contribution in [0, 0.1) is 13.8 Å². The van der Waals surface area contributed by atoms with Crippen molar-refractivity contribution in [2.24, 2.45) is 0 Å². The van der Waals surface area contributed by atoms with Crippen LogP contribution in [0.15, 0.2) is 24.4 Å². The van der Waals surface area contributed by atoms with E-state index >= 15 is 0 Å². The molecule has 1 aromatic carbocycles. The molecule has 0 N–H and O–H groups in total. The number of fused-ring (bicyclic) bond motifs is 1. The molecule has 3 fully saturated rings. The lowest BCUT2D eigenvalue weighted by Gasteiger charge is -2.42. The van der Waals surface area contributed by atoms with Crippen LogP contribution in [0.1, 0.15) is 35.7 Å². The highest BCUT2D eigenvalue weighted by Gasteiger charge is 2.29. The number of piperazine rings is 1. The second kappa shape index (κ2) is 8.66. The van der Waals surface area contributed by atoms with Gasteiger partial charge in [0.25, 0.3) is 0 Å². The van der Waals surface area contributed by atoms with Crippen LogP contribution >= 0.6 is 0 Å². The average Bonchev–Trinajstić information content (AvgIpc) is 3.21. The zero-order valence-corrected chi connectivity index (χ0v) is 19.5. The first-order chi connectivity index (χ1) is 16.2. The molecule has 0 atom stereocenters. The second-order valence-electron chi connectivity index (χ2n) is 9.56. The number of hydrogen-bond acceptors (Lipinski definition) is 7. The molecule has 6 rings (SSSR count). The normalized spacial score (nSPS) is 21.0. The standard InChI is InChI=1S/C25H32N6O2/c1-17-11-20-14-26-31(23(20)12-22(17)19-3-9-32-10-4-19)25-13-24(27-18(2)28-25)30-7-5-29(6-8-30)21-15-33-16-21/h11-14,19,21H,3-10,15-16H2,1-2H3. The Morgan fingerprint density at radius 2 is 1.64 bits per heavy atom. The smallest absolute Gasteiger partial charge is 0.159 e. The van der Waals surface area contributed by atoms with E-state index in [1.54, 1.807) is 0 Å². The van der Waals surface area contributed by atoms with E-state index in [0.29, 0.717) is 12.0 Å². The summed E-state index contributed by atoms with van der Waals surface area (Å²) in [6.45, 7) is 11.7. The van der Waals surface area contributed by atoms with E-state index in [1.165, 1.54) is 11.1 Å². The zero-order chi connectivity index (χ0) is 22.4. The lowest BCUT2D eigenvalue weighted by Crippen LogP contribution is -2.56. The SMILES string of the molecule is Cc1nc(N2CCN(C3COC3)CC2)cc(-n2ncc3cc(C)c(C4CCOCC4)cc32)n1. The summed E-state index contributed by atoms with van der Waals surface area (Å²) in [7, 11) is 0. The monoisotopic (exact) mass is 448 g/mol. The van der Waals surface area contributed by atoms with Crippen molar-refractivity contribution in [1.29, 1.82) is 0 Å². The molecular weight excluding hydrogens is 416 g/mol. The van der Waals surface area contributed by atoms with Gasteiger partial charge in [-0.25, -0.2) is 14.6 Å². The third-order valence-corrected chi connectivity index (χ3v) is 7.42. The third kappa shape index (κ3) is 4.00. The number of hydrogen-bond donors (Lipinski definition) is 0. The Hall–Kier alpha value is -2.55. The Kier molecular flexibility index (Phi) is 5.52. The lowest BCUT2D eigenvalue weighted by atomic mass is 9.88. The minimum atomic E-state index is 0.548. The fraction of sp³-hybridized carbons (Fsp3) is 0.560. The number of benzene rings is 1. The number of aryl methyl sites for hydroxylation is 2. The summed E-state index contributed by atoms with van der Waals surface area (Å²) < 4.78 is 12.9. The van der Waals surface area contributed by atoms with Gasteiger partial charge in [-0.15, -0.1) is 0 Å². The average molecular weight is 449 g/mol. The molecular formula is C25H32N6O2. The van der Waals surface area contributed by atoms with Gasteiger partial charge in [0.1, 0.15) is 11.6 Å². The molecule has 0 spiro atoms. The van der Waals surface area contributed by atoms with Gasteiger partial charge < -0.3 is 14.4 Å². The van der Waals surface area contributed by atoms with E-state index in [0.717, 1.165) is 93.8 Å². The van der Waals surface area contributed by atoms with E-state index in [2.05, 4.69) is 34.9 Å². The van der Waals surface area contributed by atoms with Crippen molar-refractivity contribution >= 4 is 16.7 Å². The van der Waals surface area contributed by atoms with E-state index in [1.807, 2.05) is 17.8 Å². The Labute approximate surface area is 194 Å². The first kappa shape index (κ1) is 21.0. The molecule has 5 heterocycles. The number of ether oxygens (including phenoxy) is 2. The molecule has 174 valence electrons. The van der Waals surface area contributed by atoms with Gasteiger partial charge in [0, 0.05) is 50.8 Å². The van der Waals surface area contributed by atoms with E-state index in [-0.39, 0.29) is 0 Å². The van der Waals surface area contributed by atoms with Gasteiger partial charge in [0.05, 0.1) is 31.0 Å². The molecule has 3 aromatic rings. The molecule has 33 heavy (non-hydrogen) atoms. The predicted molar refractivity (Wildman–Crippen MR) is 127 cm³/mol. The topological polar surface area (TPSA) is 68.5 Å². The van der Waals surface area contributed by atoms with Crippen molar-refractivity contribution in [3.63, 3.8) is 0 Å². The van der Waals surface area contributed by atoms with Gasteiger partial charge in [-0.05, 0) is 55.9 Å². The lowest BCUT2D eigenvalue weighted by molar-refractivity contribution is -0.0661. The molecule has 0 radical (unpaired) electrons. The van der Waals surface area contributed by atoms with Crippen LogP contribution in [-0.2, 0) is 9.47 Å². The zero-order valence-electron chi connectivity index (χ0n) is 19.5. The molecule has 0 unspecified atom stereocenters. The Morgan fingerprint density at radius 3 is 2.36 bits per heavy atom. The Bertz CT molecular complexity index is 1140. The minimum absolute atomic E-state index is 0.548. The third-order valence-electron chi connectivity index (χ3n) is 7.42. The van der Waals surface area contributed by atoms with Crippen molar-refractivity contribution in [2.75, 3.05) is 57.5 Å². The summed E-state index contributed by atoms with van der Waals surface area (Å²) in [5.41, 5.74) is 3.86. The quantitative estimate of drug-likeness (QED) is 0.608. The van der Waals surface area contributed by atoms with Gasteiger partial charge in [0.15, 0.2) is 5.82 Å². The Morgan fingerprint density at radius 1 is 0.879 bits per heavy atom. The maximum absolute atomic E-state index is 5.59. The summed E-state index contributed by atoms with van der Waals surface area (Å²) in [5, 5.41) is 5.89. The maximum atomic E-state index is 5.59. The first-order valence-electron chi connectivity index (χ1n) is 12.1. The van der Waals surface area contributed by atoms with Crippen LogP contribution in [0.2, 0.25) is 0 Å². The highest BCUT2D eigenvalue weighted by molar-refractivity contribution is 5.82. The van der Waals surface area contributed by atoms with Crippen LogP contribution in [0.3, 0.4) is 0 Å². The number of anilines is 1. The molecule has 0 aliphatic carbocycles. The van der Waals surface area contributed by atoms with Crippen LogP contribution in [0.5, 0.6) is 0 Å². The number of aromatic nitrogens is 4. The van der Waals surface area contributed by atoms with Crippen molar-refractivity contribution in [2.45, 2.75) is 38.6 Å². The molecule has 3 aliphatic rings. The molecule has 8 heteroatoms. The number of nitrogens with zero attached hydrogens (tertiary/aromatic N) is 6. The fourth-order valence-corrected chi connectivity index (χ4v) is 5.39. The van der Waals surface area contributed by atoms with Gasteiger partial charge in [-0.2, -0.15) is 5.10 Å². The van der Waals surface area contributed by atoms with Crippen molar-refractivity contribution in [3.8, 4) is 5.82 Å². The maximum Gasteiger partial charge on any atom is 0.159 e. The van der Waals surface area contributed by atoms with Crippen LogP contribution in [-0.4, -0.2) is 83.3 Å². The van der Waals surface area contributed by atoms with Crippen molar-refractivity contribution in [1.82, 2.24) is 24.6 Å². The minimum Gasteiger partial charge on any atom is -0.381 e. The molecule has 8 nitrogen and oxygen atoms in total. The van der Waals surface area contributed by atoms with Crippen LogP contribution < -0.4 is 4.90 Å². The first-order valence-corrected chi connectivity index (χ1v) is 12.1. The second-order valence-corrected chi connectivity index (χ2v) is 9.56. The van der Waals surface area contributed by atoms with Gasteiger partial charge >= 0.3 is 0 Å². The van der Waals surface area contributed by atoms with E-state index in [9.17, 15) is 0 Å². The van der Waals surface area contributed by atoms with Crippen LogP contribution in [0.25, 0.3) is 16.7 Å². The largest absolute Gasteiger partial charge is 0.381 e. The summed E-state index contributed by atoms with van der Waals surface area (Å²) in [5.74, 6) is 3.15. The molecule has 0 saturated carbocycles. The van der Waals surface area contributed by atoms with E-state index < -0.39 is 0 Å². The molecule has 0 amide bonds. The highest BCUT2D eigenvalue weighted by atomic mass is 16.5. The van der Waals surface area contributed by atoms with E-state index in [4.69, 9.17) is 24.5 Å². The van der Waals surface area contributed by atoms with Gasteiger partial charge in [-0.1, -0.05) is 0 Å². The van der Waals surface area contributed by atoms with Crippen molar-refractivity contribution < 1.29 is 9.47 Å². The molecule has 2 aromatic heterocycles. The predicted octanol–water partition coefficient (Wildman–Crippen LogP) is 2.85. The summed E-state index contributed by atoms with van der Waals surface area (Å²) >= 11 is 0. The molecule has 0 bridgehead atoms. The summed E-state index contributed by atoms with van der Waals surface area (Å²) in [6.07, 6.45) is 4.11. The number of rotatable bonds is 4. The molecule has 3 saturated heterocycles. The molecule has 3 aliphatic heterocycles. The Balaban J connectivity index is 1.30. The fourth-order valence-electron chi connectivity index (χ4n) is 5.39. The highest BCUT2D eigenvalue weighted by Crippen LogP contribution is 2.33. The van der Waals surface area contributed by atoms with Gasteiger partial charge in [-0.3, -0.25) is 4.90 Å². The van der Waals surface area contributed by atoms with Crippen LogP contribution in [0.4, 0.5) is 5.82 Å². The van der Waals surface area contributed by atoms with Crippen molar-refractivity contribution in [3.05, 3.63) is 41.3 Å². The summed E-state index contributed by atoms with van der Waals surface area (Å²) in [6, 6.07) is 7.28. The summed E-state index contributed by atoms with van der Waals surface area (Å²) in [4.78, 5) is 14.5.